The Morgan fingerprint density at radius 1 is 1.29 bits per heavy atom. The third-order valence-electron chi connectivity index (χ3n) is 5.45. The van der Waals surface area contributed by atoms with Crippen molar-refractivity contribution in [2.24, 2.45) is 0 Å². The summed E-state index contributed by atoms with van der Waals surface area (Å²) in [6.07, 6.45) is 6.27. The standard InChI is InChI=1S/C19H27ClN2O2/c20-16-7-5-15(6-8-16)19(9-10-19)18(24)21-11-3-13-22-12-2-1-4-17(22)14-23/h5-8,17,23H,1-4,9-14H2,(H,21,24)/t17-/m0/s1. The molecule has 1 saturated heterocycles. The number of nitrogens with zero attached hydrogens (tertiary/aromatic N) is 1. The number of rotatable bonds is 7. The summed E-state index contributed by atoms with van der Waals surface area (Å²) in [5.41, 5.74) is 0.740. The molecule has 0 aromatic heterocycles. The lowest BCUT2D eigenvalue weighted by molar-refractivity contribution is -0.123. The molecule has 2 N–H and O–H groups in total. The van der Waals surface area contributed by atoms with Crippen LogP contribution in [0.25, 0.3) is 0 Å². The molecule has 1 heterocycles. The SMILES string of the molecule is O=C(NCCCN1CCCC[C@H]1CO)C1(c2ccc(Cl)cc2)CC1. The molecule has 1 aromatic rings. The van der Waals surface area contributed by atoms with E-state index in [-0.39, 0.29) is 17.9 Å². The van der Waals surface area contributed by atoms with Crippen molar-refractivity contribution in [3.63, 3.8) is 0 Å². The van der Waals surface area contributed by atoms with Gasteiger partial charge in [-0.05, 0) is 56.3 Å². The summed E-state index contributed by atoms with van der Waals surface area (Å²) >= 11 is 5.94. The minimum Gasteiger partial charge on any atom is -0.395 e. The molecule has 2 fully saturated rings. The van der Waals surface area contributed by atoms with Crippen molar-refractivity contribution in [3.8, 4) is 0 Å². The molecule has 0 bridgehead atoms. The normalized spacial score (nSPS) is 23.0. The number of piperidine rings is 1. The van der Waals surface area contributed by atoms with Gasteiger partial charge in [-0.25, -0.2) is 0 Å². The maximum Gasteiger partial charge on any atom is 0.230 e. The zero-order chi connectivity index (χ0) is 17.0. The van der Waals surface area contributed by atoms with Crippen molar-refractivity contribution in [3.05, 3.63) is 34.9 Å². The van der Waals surface area contributed by atoms with Crippen LogP contribution in [-0.4, -0.2) is 48.2 Å². The number of hydrogen-bond donors (Lipinski definition) is 2. The maximum atomic E-state index is 12.6. The number of hydrogen-bond acceptors (Lipinski definition) is 3. The minimum absolute atomic E-state index is 0.141. The van der Waals surface area contributed by atoms with Crippen LogP contribution in [0.2, 0.25) is 5.02 Å². The Kier molecular flexibility index (Phi) is 5.80. The van der Waals surface area contributed by atoms with Crippen molar-refractivity contribution < 1.29 is 9.90 Å². The summed E-state index contributed by atoms with van der Waals surface area (Å²) in [6, 6.07) is 7.95. The minimum atomic E-state index is -0.330. The first-order valence-corrected chi connectivity index (χ1v) is 9.43. The van der Waals surface area contributed by atoms with E-state index < -0.39 is 0 Å². The molecule has 1 aliphatic carbocycles. The fraction of sp³-hybridized carbons (Fsp3) is 0.632. The number of carbonyl (C=O) groups excluding carboxylic acids is 1. The topological polar surface area (TPSA) is 52.6 Å². The number of nitrogens with one attached hydrogen (secondary N) is 1. The van der Waals surface area contributed by atoms with Gasteiger partial charge in [0.15, 0.2) is 0 Å². The molecular weight excluding hydrogens is 324 g/mol. The van der Waals surface area contributed by atoms with Crippen molar-refractivity contribution in [1.29, 1.82) is 0 Å². The molecule has 24 heavy (non-hydrogen) atoms. The first-order chi connectivity index (χ1) is 11.7. The van der Waals surface area contributed by atoms with E-state index >= 15 is 0 Å². The molecule has 1 atom stereocenters. The lowest BCUT2D eigenvalue weighted by Crippen LogP contribution is -2.43. The van der Waals surface area contributed by atoms with Crippen LogP contribution in [0.4, 0.5) is 0 Å². The van der Waals surface area contributed by atoms with Gasteiger partial charge in [0.2, 0.25) is 5.91 Å². The van der Waals surface area contributed by atoms with Crippen molar-refractivity contribution in [1.82, 2.24) is 10.2 Å². The van der Waals surface area contributed by atoms with Gasteiger partial charge in [0, 0.05) is 24.2 Å². The molecule has 132 valence electrons. The van der Waals surface area contributed by atoms with E-state index in [0.29, 0.717) is 17.6 Å². The summed E-state index contributed by atoms with van der Waals surface area (Å²) in [7, 11) is 0. The van der Waals surface area contributed by atoms with Crippen LogP contribution in [0, 0.1) is 0 Å². The van der Waals surface area contributed by atoms with Crippen LogP contribution in [0.3, 0.4) is 0 Å². The van der Waals surface area contributed by atoms with E-state index in [1.165, 1.54) is 12.8 Å². The number of aliphatic hydroxyl groups excluding tert-OH is 1. The Bertz CT molecular complexity index is 557. The molecule has 0 spiro atoms. The molecule has 1 amide bonds. The van der Waals surface area contributed by atoms with Crippen LogP contribution in [0.1, 0.15) is 44.1 Å². The Hall–Kier alpha value is -1.10. The highest BCUT2D eigenvalue weighted by Crippen LogP contribution is 2.48. The highest BCUT2D eigenvalue weighted by Gasteiger charge is 2.50. The summed E-state index contributed by atoms with van der Waals surface area (Å²) in [6.45, 7) is 2.95. The van der Waals surface area contributed by atoms with E-state index in [1.807, 2.05) is 24.3 Å². The van der Waals surface area contributed by atoms with Gasteiger partial charge in [0.25, 0.3) is 0 Å². The van der Waals surface area contributed by atoms with Gasteiger partial charge in [0.1, 0.15) is 0 Å². The third-order valence-corrected chi connectivity index (χ3v) is 5.70. The van der Waals surface area contributed by atoms with Gasteiger partial charge in [-0.15, -0.1) is 0 Å². The second kappa shape index (κ2) is 7.85. The third kappa shape index (κ3) is 3.93. The van der Waals surface area contributed by atoms with E-state index in [4.69, 9.17) is 11.6 Å². The Morgan fingerprint density at radius 3 is 2.71 bits per heavy atom. The van der Waals surface area contributed by atoms with E-state index in [2.05, 4.69) is 10.2 Å². The van der Waals surface area contributed by atoms with E-state index in [1.54, 1.807) is 0 Å². The summed E-state index contributed by atoms with van der Waals surface area (Å²) in [5, 5.41) is 13.3. The fourth-order valence-electron chi connectivity index (χ4n) is 3.76. The lowest BCUT2D eigenvalue weighted by atomic mass is 9.95. The van der Waals surface area contributed by atoms with Crippen molar-refractivity contribution in [2.45, 2.75) is 50.0 Å². The molecule has 0 radical (unpaired) electrons. The van der Waals surface area contributed by atoms with Gasteiger partial charge in [-0.2, -0.15) is 0 Å². The van der Waals surface area contributed by atoms with Gasteiger partial charge in [0.05, 0.1) is 12.0 Å². The van der Waals surface area contributed by atoms with Crippen LogP contribution < -0.4 is 5.32 Å². The summed E-state index contributed by atoms with van der Waals surface area (Å²) in [5.74, 6) is 0.141. The zero-order valence-electron chi connectivity index (χ0n) is 14.1. The van der Waals surface area contributed by atoms with Crippen LogP contribution in [-0.2, 0) is 10.2 Å². The first kappa shape index (κ1) is 17.7. The number of likely N-dealkylation sites (tertiary alicyclic amines) is 1. The van der Waals surface area contributed by atoms with Gasteiger partial charge < -0.3 is 10.4 Å². The molecule has 1 aliphatic heterocycles. The molecule has 3 rings (SSSR count). The molecule has 1 aromatic carbocycles. The average molecular weight is 351 g/mol. The molecule has 2 aliphatic rings. The molecular formula is C19H27ClN2O2. The second-order valence-electron chi connectivity index (χ2n) is 7.07. The Morgan fingerprint density at radius 2 is 2.04 bits per heavy atom. The smallest absolute Gasteiger partial charge is 0.230 e. The van der Waals surface area contributed by atoms with Crippen LogP contribution in [0.5, 0.6) is 0 Å². The highest BCUT2D eigenvalue weighted by atomic mass is 35.5. The second-order valence-corrected chi connectivity index (χ2v) is 7.50. The summed E-state index contributed by atoms with van der Waals surface area (Å²) in [4.78, 5) is 14.9. The molecule has 0 unspecified atom stereocenters. The highest BCUT2D eigenvalue weighted by molar-refractivity contribution is 6.30. The van der Waals surface area contributed by atoms with Gasteiger partial charge in [-0.3, -0.25) is 9.69 Å². The van der Waals surface area contributed by atoms with E-state index in [0.717, 1.165) is 44.3 Å². The number of carbonyl (C=O) groups is 1. The quantitative estimate of drug-likeness (QED) is 0.743. The van der Waals surface area contributed by atoms with Crippen LogP contribution in [0.15, 0.2) is 24.3 Å². The lowest BCUT2D eigenvalue weighted by Gasteiger charge is -2.34. The number of aliphatic hydroxyl groups is 1. The first-order valence-electron chi connectivity index (χ1n) is 9.05. The monoisotopic (exact) mass is 350 g/mol. The average Bonchev–Trinajstić information content (AvgIpc) is 3.41. The van der Waals surface area contributed by atoms with Crippen molar-refractivity contribution >= 4 is 17.5 Å². The predicted octanol–water partition coefficient (Wildman–Crippen LogP) is 2.72. The zero-order valence-corrected chi connectivity index (χ0v) is 14.9. The van der Waals surface area contributed by atoms with E-state index in [9.17, 15) is 9.90 Å². The summed E-state index contributed by atoms with van der Waals surface area (Å²) < 4.78 is 0. The fourth-order valence-corrected chi connectivity index (χ4v) is 3.88. The Balaban J connectivity index is 1.45. The van der Waals surface area contributed by atoms with Crippen molar-refractivity contribution in [2.75, 3.05) is 26.2 Å². The van der Waals surface area contributed by atoms with Gasteiger partial charge >= 0.3 is 0 Å². The number of amides is 1. The molecule has 4 nitrogen and oxygen atoms in total. The maximum absolute atomic E-state index is 12.6. The molecule has 1 saturated carbocycles. The van der Waals surface area contributed by atoms with Gasteiger partial charge in [-0.1, -0.05) is 30.2 Å². The number of benzene rings is 1. The predicted molar refractivity (Wildman–Crippen MR) is 96.3 cm³/mol. The van der Waals surface area contributed by atoms with Crippen LogP contribution >= 0.6 is 11.6 Å². The largest absolute Gasteiger partial charge is 0.395 e. The Labute approximate surface area is 149 Å². The molecule has 5 heteroatoms. The number of halogens is 1.